The third kappa shape index (κ3) is 4.18. The molecule has 2 aromatic carbocycles. The lowest BCUT2D eigenvalue weighted by molar-refractivity contribution is -0.387. The molecule has 7 nitrogen and oxygen atoms in total. The maximum absolute atomic E-state index is 12.0. The summed E-state index contributed by atoms with van der Waals surface area (Å²) in [6, 6.07) is 12.4. The summed E-state index contributed by atoms with van der Waals surface area (Å²) in [7, 11) is -3.72. The highest BCUT2D eigenvalue weighted by molar-refractivity contribution is 7.90. The second-order valence-electron chi connectivity index (χ2n) is 7.27. The van der Waals surface area contributed by atoms with Gasteiger partial charge in [-0.25, -0.2) is 8.42 Å². The molecule has 0 unspecified atom stereocenters. The summed E-state index contributed by atoms with van der Waals surface area (Å²) >= 11 is 0. The van der Waals surface area contributed by atoms with E-state index in [9.17, 15) is 18.5 Å². The van der Waals surface area contributed by atoms with Crippen molar-refractivity contribution in [3.05, 3.63) is 63.7 Å². The molecule has 1 N–H and O–H groups in total. The van der Waals surface area contributed by atoms with Gasteiger partial charge in [-0.2, -0.15) is 0 Å². The Hall–Kier alpha value is -2.45. The van der Waals surface area contributed by atoms with Crippen molar-refractivity contribution >= 4 is 21.2 Å². The van der Waals surface area contributed by atoms with Gasteiger partial charge in [0.2, 0.25) is 0 Å². The first kappa shape index (κ1) is 20.3. The standard InChI is InChI=1S/C20H24N2O5S/c1-15-5-3-4-6-17(15)20(9-11-27-12-10-20)14-21-16-7-8-18(22(23)24)19(13-16)28(2,25)26/h3-8,13,21H,9-12,14H2,1-2H3. The van der Waals surface area contributed by atoms with Gasteiger partial charge in [0, 0.05) is 43.2 Å². The van der Waals surface area contributed by atoms with Crippen molar-refractivity contribution in [2.45, 2.75) is 30.1 Å². The summed E-state index contributed by atoms with van der Waals surface area (Å²) < 4.78 is 29.6. The van der Waals surface area contributed by atoms with Crippen LogP contribution in [0.3, 0.4) is 0 Å². The zero-order valence-corrected chi connectivity index (χ0v) is 16.8. The van der Waals surface area contributed by atoms with Gasteiger partial charge in [-0.1, -0.05) is 24.3 Å². The van der Waals surface area contributed by atoms with Crippen molar-refractivity contribution in [3.8, 4) is 0 Å². The largest absolute Gasteiger partial charge is 0.384 e. The maximum Gasteiger partial charge on any atom is 0.288 e. The van der Waals surface area contributed by atoms with Gasteiger partial charge in [0.15, 0.2) is 9.84 Å². The number of nitro groups is 1. The molecule has 1 fully saturated rings. The Balaban J connectivity index is 1.92. The van der Waals surface area contributed by atoms with Crippen molar-refractivity contribution in [2.24, 2.45) is 0 Å². The van der Waals surface area contributed by atoms with E-state index in [1.165, 1.54) is 23.3 Å². The molecule has 2 aromatic rings. The van der Waals surface area contributed by atoms with E-state index in [0.717, 1.165) is 19.1 Å². The van der Waals surface area contributed by atoms with Crippen molar-refractivity contribution in [1.29, 1.82) is 0 Å². The Morgan fingerprint density at radius 1 is 1.18 bits per heavy atom. The van der Waals surface area contributed by atoms with Gasteiger partial charge < -0.3 is 10.1 Å². The topological polar surface area (TPSA) is 98.5 Å². The van der Waals surface area contributed by atoms with E-state index < -0.39 is 20.4 Å². The van der Waals surface area contributed by atoms with E-state index in [1.807, 2.05) is 12.1 Å². The number of ether oxygens (including phenoxy) is 1. The third-order valence-corrected chi connectivity index (χ3v) is 6.48. The fourth-order valence-corrected chi connectivity index (χ4v) is 4.68. The summed E-state index contributed by atoms with van der Waals surface area (Å²) in [5.41, 5.74) is 2.44. The molecule has 0 amide bonds. The summed E-state index contributed by atoms with van der Waals surface area (Å²) in [6.07, 6.45) is 2.67. The van der Waals surface area contributed by atoms with Gasteiger partial charge in [-0.05, 0) is 43.0 Å². The van der Waals surface area contributed by atoms with Crippen molar-refractivity contribution < 1.29 is 18.1 Å². The molecule has 0 radical (unpaired) electrons. The van der Waals surface area contributed by atoms with Crippen LogP contribution in [0.4, 0.5) is 11.4 Å². The fraction of sp³-hybridized carbons (Fsp3) is 0.400. The Kier molecular flexibility index (Phi) is 5.71. The Bertz CT molecular complexity index is 982. The molecule has 3 rings (SSSR count). The molecule has 0 saturated carbocycles. The van der Waals surface area contributed by atoms with Gasteiger partial charge >= 0.3 is 0 Å². The summed E-state index contributed by atoms with van der Waals surface area (Å²) in [5, 5.41) is 14.5. The van der Waals surface area contributed by atoms with Crippen LogP contribution in [-0.4, -0.2) is 39.4 Å². The van der Waals surface area contributed by atoms with Crippen LogP contribution in [0.5, 0.6) is 0 Å². The van der Waals surface area contributed by atoms with Crippen molar-refractivity contribution in [1.82, 2.24) is 0 Å². The fourth-order valence-electron chi connectivity index (χ4n) is 3.81. The minimum atomic E-state index is -3.72. The lowest BCUT2D eigenvalue weighted by Gasteiger charge is -2.39. The normalized spacial score (nSPS) is 16.5. The first-order chi connectivity index (χ1) is 13.2. The molecule has 1 aliphatic rings. The molecule has 1 aliphatic heterocycles. The first-order valence-corrected chi connectivity index (χ1v) is 11.0. The van der Waals surface area contributed by atoms with E-state index in [-0.39, 0.29) is 10.3 Å². The Morgan fingerprint density at radius 3 is 2.46 bits per heavy atom. The number of anilines is 1. The van der Waals surface area contributed by atoms with E-state index in [0.29, 0.717) is 25.4 Å². The van der Waals surface area contributed by atoms with Crippen LogP contribution in [0.2, 0.25) is 0 Å². The highest BCUT2D eigenvalue weighted by Crippen LogP contribution is 2.37. The predicted octanol–water partition coefficient (Wildman–Crippen LogP) is 3.47. The van der Waals surface area contributed by atoms with Crippen LogP contribution < -0.4 is 5.32 Å². The van der Waals surface area contributed by atoms with Crippen LogP contribution in [0.1, 0.15) is 24.0 Å². The number of benzene rings is 2. The molecule has 1 heterocycles. The quantitative estimate of drug-likeness (QED) is 0.585. The molecule has 0 aliphatic carbocycles. The summed E-state index contributed by atoms with van der Waals surface area (Å²) in [6.45, 7) is 3.98. The number of sulfone groups is 1. The predicted molar refractivity (Wildman–Crippen MR) is 108 cm³/mol. The number of hydrogen-bond acceptors (Lipinski definition) is 6. The lowest BCUT2D eigenvalue weighted by Crippen LogP contribution is -2.40. The molecule has 8 heteroatoms. The average Bonchev–Trinajstić information content (AvgIpc) is 2.66. The molecular formula is C20H24N2O5S. The molecular weight excluding hydrogens is 380 g/mol. The van der Waals surface area contributed by atoms with Gasteiger partial charge in [0.05, 0.1) is 4.92 Å². The average molecular weight is 404 g/mol. The van der Waals surface area contributed by atoms with Crippen molar-refractivity contribution in [3.63, 3.8) is 0 Å². The zero-order valence-electron chi connectivity index (χ0n) is 16.0. The molecule has 0 bridgehead atoms. The van der Waals surface area contributed by atoms with Crippen molar-refractivity contribution in [2.75, 3.05) is 31.3 Å². The van der Waals surface area contributed by atoms with Gasteiger partial charge in [-0.15, -0.1) is 0 Å². The summed E-state index contributed by atoms with van der Waals surface area (Å²) in [5.74, 6) is 0. The Labute approximate surface area is 164 Å². The molecule has 28 heavy (non-hydrogen) atoms. The van der Waals surface area contributed by atoms with Crippen LogP contribution in [0.25, 0.3) is 0 Å². The number of nitrogens with one attached hydrogen (secondary N) is 1. The molecule has 0 spiro atoms. The molecule has 150 valence electrons. The molecule has 0 atom stereocenters. The lowest BCUT2D eigenvalue weighted by atomic mass is 9.72. The monoisotopic (exact) mass is 404 g/mol. The number of nitro benzene ring substituents is 1. The van der Waals surface area contributed by atoms with E-state index >= 15 is 0 Å². The first-order valence-electron chi connectivity index (χ1n) is 9.09. The van der Waals surface area contributed by atoms with Crippen LogP contribution in [0, 0.1) is 17.0 Å². The number of rotatable bonds is 6. The zero-order chi connectivity index (χ0) is 20.4. The number of hydrogen-bond donors (Lipinski definition) is 1. The van der Waals surface area contributed by atoms with Gasteiger partial charge in [0.1, 0.15) is 4.90 Å². The van der Waals surface area contributed by atoms with Crippen LogP contribution >= 0.6 is 0 Å². The maximum atomic E-state index is 12.0. The van der Waals surface area contributed by atoms with Gasteiger partial charge in [-0.3, -0.25) is 10.1 Å². The minimum Gasteiger partial charge on any atom is -0.384 e. The van der Waals surface area contributed by atoms with Gasteiger partial charge in [0.25, 0.3) is 5.69 Å². The minimum absolute atomic E-state index is 0.142. The smallest absolute Gasteiger partial charge is 0.288 e. The molecule has 0 aromatic heterocycles. The number of aryl methyl sites for hydroxylation is 1. The van der Waals surface area contributed by atoms with Crippen LogP contribution in [0.15, 0.2) is 47.4 Å². The Morgan fingerprint density at radius 2 is 1.86 bits per heavy atom. The van der Waals surface area contributed by atoms with E-state index in [2.05, 4.69) is 24.4 Å². The SMILES string of the molecule is Cc1ccccc1C1(CNc2ccc([N+](=O)[O-])c(S(C)(=O)=O)c2)CCOCC1. The number of nitrogens with zero attached hydrogens (tertiary/aromatic N) is 1. The van der Waals surface area contributed by atoms with E-state index in [4.69, 9.17) is 4.74 Å². The molecule has 1 saturated heterocycles. The highest BCUT2D eigenvalue weighted by atomic mass is 32.2. The highest BCUT2D eigenvalue weighted by Gasteiger charge is 2.35. The van der Waals surface area contributed by atoms with Crippen LogP contribution in [-0.2, 0) is 20.0 Å². The van der Waals surface area contributed by atoms with E-state index in [1.54, 1.807) is 6.07 Å². The summed E-state index contributed by atoms with van der Waals surface area (Å²) in [4.78, 5) is 10.2. The second-order valence-corrected chi connectivity index (χ2v) is 9.26. The third-order valence-electron chi connectivity index (χ3n) is 5.35. The second kappa shape index (κ2) is 7.89.